The molecule has 1 aliphatic heterocycles. The van der Waals surface area contributed by atoms with Gasteiger partial charge in [-0.3, -0.25) is 4.79 Å². The van der Waals surface area contributed by atoms with Crippen molar-refractivity contribution in [3.05, 3.63) is 29.8 Å². The number of amides is 1. The number of benzene rings is 1. The molecule has 1 fully saturated rings. The van der Waals surface area contributed by atoms with Crippen molar-refractivity contribution in [3.63, 3.8) is 0 Å². The molecule has 0 radical (unpaired) electrons. The lowest BCUT2D eigenvalue weighted by molar-refractivity contribution is -0.165. The molecule has 0 aliphatic carbocycles. The number of ether oxygens (including phenoxy) is 1. The van der Waals surface area contributed by atoms with Crippen molar-refractivity contribution < 1.29 is 24.5 Å². The molecule has 0 atom stereocenters. The number of piperidine rings is 1. The zero-order valence-corrected chi connectivity index (χ0v) is 13.3. The van der Waals surface area contributed by atoms with E-state index in [-0.39, 0.29) is 18.7 Å². The van der Waals surface area contributed by atoms with Gasteiger partial charge in [-0.25, -0.2) is 4.79 Å². The summed E-state index contributed by atoms with van der Waals surface area (Å²) in [5, 5.41) is 18.8. The maximum absolute atomic E-state index is 12.1. The third-order valence-electron chi connectivity index (χ3n) is 4.36. The summed E-state index contributed by atoms with van der Waals surface area (Å²) < 4.78 is 5.10. The van der Waals surface area contributed by atoms with Gasteiger partial charge in [0.1, 0.15) is 5.75 Å². The number of aliphatic carboxylic acids is 1. The summed E-state index contributed by atoms with van der Waals surface area (Å²) in [6, 6.07) is 7.76. The molecule has 2 rings (SSSR count). The van der Waals surface area contributed by atoms with Crippen LogP contribution in [0.4, 0.5) is 0 Å². The van der Waals surface area contributed by atoms with Crippen molar-refractivity contribution in [1.82, 2.24) is 4.90 Å². The maximum atomic E-state index is 12.1. The predicted octanol–water partition coefficient (Wildman–Crippen LogP) is 1.46. The fourth-order valence-electron chi connectivity index (χ4n) is 2.73. The van der Waals surface area contributed by atoms with E-state index in [2.05, 4.69) is 0 Å². The summed E-state index contributed by atoms with van der Waals surface area (Å²) in [6.45, 7) is 0.592. The van der Waals surface area contributed by atoms with Crippen LogP contribution in [0.5, 0.6) is 5.75 Å². The minimum absolute atomic E-state index is 0.0194. The Morgan fingerprint density at radius 3 is 2.35 bits per heavy atom. The van der Waals surface area contributed by atoms with Gasteiger partial charge < -0.3 is 19.8 Å². The number of hydrogen-bond acceptors (Lipinski definition) is 4. The van der Waals surface area contributed by atoms with E-state index >= 15 is 0 Å². The third-order valence-corrected chi connectivity index (χ3v) is 4.36. The molecule has 1 aliphatic rings. The van der Waals surface area contributed by atoms with E-state index in [1.807, 2.05) is 24.3 Å². The number of aryl methyl sites for hydroxylation is 1. The van der Waals surface area contributed by atoms with Gasteiger partial charge in [0.15, 0.2) is 5.60 Å². The first-order valence-electron chi connectivity index (χ1n) is 7.81. The van der Waals surface area contributed by atoms with Gasteiger partial charge in [-0.1, -0.05) is 12.1 Å². The molecule has 0 bridgehead atoms. The Labute approximate surface area is 135 Å². The summed E-state index contributed by atoms with van der Waals surface area (Å²) in [5.74, 6) is -0.376. The van der Waals surface area contributed by atoms with Crippen LogP contribution >= 0.6 is 0 Å². The van der Waals surface area contributed by atoms with Gasteiger partial charge in [0.25, 0.3) is 0 Å². The van der Waals surface area contributed by atoms with Crippen molar-refractivity contribution in [2.45, 2.75) is 37.7 Å². The monoisotopic (exact) mass is 321 g/mol. The van der Waals surface area contributed by atoms with Crippen molar-refractivity contribution in [3.8, 4) is 5.75 Å². The normalized spacial score (nSPS) is 16.9. The highest BCUT2D eigenvalue weighted by Crippen LogP contribution is 2.23. The Kier molecular flexibility index (Phi) is 5.60. The van der Waals surface area contributed by atoms with Crippen LogP contribution in [0.3, 0.4) is 0 Å². The van der Waals surface area contributed by atoms with Gasteiger partial charge >= 0.3 is 5.97 Å². The first-order valence-corrected chi connectivity index (χ1v) is 7.81. The number of nitrogens with zero attached hydrogens (tertiary/aromatic N) is 1. The number of carboxylic acids is 1. The van der Waals surface area contributed by atoms with Crippen molar-refractivity contribution in [2.24, 2.45) is 0 Å². The molecular formula is C17H23NO5. The van der Waals surface area contributed by atoms with Gasteiger partial charge in [0.05, 0.1) is 7.11 Å². The quantitative estimate of drug-likeness (QED) is 0.828. The molecule has 126 valence electrons. The zero-order chi connectivity index (χ0) is 16.9. The molecule has 1 amide bonds. The molecule has 6 nitrogen and oxygen atoms in total. The Bertz CT molecular complexity index is 547. The summed E-state index contributed by atoms with van der Waals surface area (Å²) in [5.41, 5.74) is -0.530. The Hall–Kier alpha value is -2.08. The van der Waals surface area contributed by atoms with E-state index < -0.39 is 11.6 Å². The van der Waals surface area contributed by atoms with Crippen LogP contribution in [0.15, 0.2) is 24.3 Å². The molecule has 6 heteroatoms. The van der Waals surface area contributed by atoms with E-state index in [9.17, 15) is 14.7 Å². The lowest BCUT2D eigenvalue weighted by Gasteiger charge is -2.35. The molecule has 0 unspecified atom stereocenters. The Morgan fingerprint density at radius 2 is 1.83 bits per heavy atom. The van der Waals surface area contributed by atoms with Gasteiger partial charge in [0, 0.05) is 32.4 Å². The standard InChI is InChI=1S/C17H23NO5/c1-23-14-7-5-13(6-8-14)3-2-4-15(19)18-11-9-17(22,10-12-18)16(20)21/h5-8,22H,2-4,9-12H2,1H3,(H,20,21). The van der Waals surface area contributed by atoms with E-state index in [1.54, 1.807) is 12.0 Å². The highest BCUT2D eigenvalue weighted by molar-refractivity contribution is 5.79. The SMILES string of the molecule is COc1ccc(CCCC(=O)N2CCC(O)(C(=O)O)CC2)cc1. The first kappa shape index (κ1) is 17.3. The van der Waals surface area contributed by atoms with Crippen LogP contribution in [0.2, 0.25) is 0 Å². The molecule has 0 saturated carbocycles. The largest absolute Gasteiger partial charge is 0.497 e. The highest BCUT2D eigenvalue weighted by Gasteiger charge is 2.40. The summed E-state index contributed by atoms with van der Waals surface area (Å²) in [6.07, 6.45) is 2.16. The van der Waals surface area contributed by atoms with Gasteiger partial charge in [0.2, 0.25) is 5.91 Å². The second-order valence-corrected chi connectivity index (χ2v) is 5.92. The second kappa shape index (κ2) is 7.46. The minimum Gasteiger partial charge on any atom is -0.497 e. The molecule has 0 spiro atoms. The van der Waals surface area contributed by atoms with Crippen LogP contribution in [-0.4, -0.2) is 52.8 Å². The average Bonchev–Trinajstić information content (AvgIpc) is 2.56. The van der Waals surface area contributed by atoms with Crippen molar-refractivity contribution in [1.29, 1.82) is 0 Å². The van der Waals surface area contributed by atoms with Crippen LogP contribution in [0, 0.1) is 0 Å². The first-order chi connectivity index (χ1) is 10.9. The van der Waals surface area contributed by atoms with Crippen LogP contribution in [0.1, 0.15) is 31.2 Å². The molecule has 1 aromatic carbocycles. The topological polar surface area (TPSA) is 87.1 Å². The lowest BCUT2D eigenvalue weighted by atomic mass is 9.91. The smallest absolute Gasteiger partial charge is 0.335 e. The fourth-order valence-corrected chi connectivity index (χ4v) is 2.73. The summed E-state index contributed by atoms with van der Waals surface area (Å²) in [7, 11) is 1.62. The number of likely N-dealkylation sites (tertiary alicyclic amines) is 1. The summed E-state index contributed by atoms with van der Waals surface area (Å²) >= 11 is 0. The zero-order valence-electron chi connectivity index (χ0n) is 13.3. The molecule has 0 aromatic heterocycles. The van der Waals surface area contributed by atoms with Crippen LogP contribution in [-0.2, 0) is 16.0 Å². The number of aliphatic hydroxyl groups is 1. The van der Waals surface area contributed by atoms with Crippen LogP contribution in [0.25, 0.3) is 0 Å². The van der Waals surface area contributed by atoms with Crippen molar-refractivity contribution >= 4 is 11.9 Å². The minimum atomic E-state index is -1.68. The number of methoxy groups -OCH3 is 1. The lowest BCUT2D eigenvalue weighted by Crippen LogP contribution is -2.50. The van der Waals surface area contributed by atoms with Gasteiger partial charge in [-0.15, -0.1) is 0 Å². The molecule has 1 aromatic rings. The predicted molar refractivity (Wildman–Crippen MR) is 84.3 cm³/mol. The number of rotatable bonds is 6. The molecule has 1 heterocycles. The van der Waals surface area contributed by atoms with Gasteiger partial charge in [-0.05, 0) is 30.5 Å². The van der Waals surface area contributed by atoms with E-state index in [0.29, 0.717) is 19.5 Å². The number of carbonyl (C=O) groups excluding carboxylic acids is 1. The Balaban J connectivity index is 1.74. The van der Waals surface area contributed by atoms with Crippen molar-refractivity contribution in [2.75, 3.05) is 20.2 Å². The van der Waals surface area contributed by atoms with E-state index in [1.165, 1.54) is 0 Å². The van der Waals surface area contributed by atoms with E-state index in [0.717, 1.165) is 24.2 Å². The summed E-state index contributed by atoms with van der Waals surface area (Å²) in [4.78, 5) is 24.8. The van der Waals surface area contributed by atoms with Crippen LogP contribution < -0.4 is 4.74 Å². The van der Waals surface area contributed by atoms with E-state index in [4.69, 9.17) is 9.84 Å². The Morgan fingerprint density at radius 1 is 1.22 bits per heavy atom. The average molecular weight is 321 g/mol. The maximum Gasteiger partial charge on any atom is 0.335 e. The molecular weight excluding hydrogens is 298 g/mol. The van der Waals surface area contributed by atoms with Gasteiger partial charge in [-0.2, -0.15) is 0 Å². The number of hydrogen-bond donors (Lipinski definition) is 2. The molecule has 1 saturated heterocycles. The number of carboxylic acid groups (broad SMARTS) is 1. The fraction of sp³-hybridized carbons (Fsp3) is 0.529. The second-order valence-electron chi connectivity index (χ2n) is 5.92. The molecule has 23 heavy (non-hydrogen) atoms. The number of carbonyl (C=O) groups is 2. The molecule has 2 N–H and O–H groups in total. The third kappa shape index (κ3) is 4.45. The highest BCUT2D eigenvalue weighted by atomic mass is 16.5.